The maximum atomic E-state index is 12.4. The molecule has 4 heterocycles. The number of nitrogens with two attached hydrogens (primary N) is 1. The number of amides is 1. The molecule has 0 aliphatic carbocycles. The summed E-state index contributed by atoms with van der Waals surface area (Å²) < 4.78 is 1.86. The number of carboxylic acids is 1. The van der Waals surface area contributed by atoms with Crippen molar-refractivity contribution in [2.75, 3.05) is 12.3 Å². The van der Waals surface area contributed by atoms with Crippen LogP contribution < -0.4 is 40.4 Å². The average Bonchev–Trinajstić information content (AvgIpc) is 3.23. The van der Waals surface area contributed by atoms with Crippen molar-refractivity contribution >= 4 is 45.4 Å². The molecule has 1 amide bonds. The Morgan fingerprint density at radius 2 is 2.25 bits per heavy atom. The van der Waals surface area contributed by atoms with Crippen LogP contribution in [0.15, 0.2) is 23.2 Å². The summed E-state index contributed by atoms with van der Waals surface area (Å²) in [5, 5.41) is 22.6. The van der Waals surface area contributed by atoms with Gasteiger partial charge in [-0.1, -0.05) is 6.92 Å². The molecule has 8 nitrogen and oxygen atoms in total. The molecule has 2 aromatic rings. The first-order chi connectivity index (χ1) is 12.9. The van der Waals surface area contributed by atoms with E-state index < -0.39 is 18.0 Å². The summed E-state index contributed by atoms with van der Waals surface area (Å²) in [5.74, 6) is -1.79. The molecule has 0 bridgehead atoms. The molecule has 0 aromatic carbocycles. The molecular weight excluding hydrogens is 411 g/mol. The van der Waals surface area contributed by atoms with E-state index in [-0.39, 0.29) is 53.1 Å². The standard InChI is InChI=1S/C17H20N4O4S2.Na/c1-7-10(9-5-20-6-19-14(16(20)27-9)26-4-3-18)13(17(24)25)21-12(7)11(8(2)22)15(21)23;/h5-8,11-12,22H,3-4,18H2,1-2H3,(H,24,25);/q;+1/p-1/t7-,8+,11+,12+;/m0./s1. The summed E-state index contributed by atoms with van der Waals surface area (Å²) in [6, 6.07) is -0.355. The number of aliphatic carboxylic acids is 1. The van der Waals surface area contributed by atoms with E-state index in [0.717, 1.165) is 20.5 Å². The number of aromatic nitrogens is 2. The molecule has 2 aliphatic rings. The van der Waals surface area contributed by atoms with Gasteiger partial charge in [0.05, 0.1) is 34.6 Å². The van der Waals surface area contributed by atoms with Gasteiger partial charge in [-0.15, -0.1) is 23.1 Å². The summed E-state index contributed by atoms with van der Waals surface area (Å²) in [4.78, 5) is 31.6. The first-order valence-corrected chi connectivity index (χ1v) is 10.4. The summed E-state index contributed by atoms with van der Waals surface area (Å²) >= 11 is 2.98. The van der Waals surface area contributed by atoms with Gasteiger partial charge in [0.1, 0.15) is 16.2 Å². The van der Waals surface area contributed by atoms with E-state index in [1.807, 2.05) is 17.5 Å². The van der Waals surface area contributed by atoms with Crippen molar-refractivity contribution in [2.24, 2.45) is 17.6 Å². The van der Waals surface area contributed by atoms with Gasteiger partial charge in [-0.2, -0.15) is 0 Å². The number of thiazole rings is 1. The third kappa shape index (κ3) is 3.15. The fourth-order valence-corrected chi connectivity index (χ4v) is 6.12. The third-order valence-corrected chi connectivity index (χ3v) is 7.45. The van der Waals surface area contributed by atoms with Gasteiger partial charge in [-0.3, -0.25) is 9.20 Å². The molecule has 11 heteroatoms. The van der Waals surface area contributed by atoms with Crippen LogP contribution in [0.3, 0.4) is 0 Å². The van der Waals surface area contributed by atoms with Crippen molar-refractivity contribution in [1.29, 1.82) is 0 Å². The van der Waals surface area contributed by atoms with Crippen LogP contribution in [0.25, 0.3) is 10.4 Å². The van der Waals surface area contributed by atoms with E-state index in [0.29, 0.717) is 12.1 Å². The molecule has 0 spiro atoms. The van der Waals surface area contributed by atoms with Crippen LogP contribution in [-0.2, 0) is 9.59 Å². The Kier molecular flexibility index (Phi) is 6.31. The quantitative estimate of drug-likeness (QED) is 0.281. The number of aliphatic hydroxyl groups excluding tert-OH is 1. The summed E-state index contributed by atoms with van der Waals surface area (Å²) in [6.07, 6.45) is 2.69. The van der Waals surface area contributed by atoms with Crippen molar-refractivity contribution in [3.05, 3.63) is 23.1 Å². The van der Waals surface area contributed by atoms with Crippen LogP contribution in [0, 0.1) is 11.8 Å². The van der Waals surface area contributed by atoms with Crippen LogP contribution in [0.2, 0.25) is 0 Å². The fourth-order valence-electron chi connectivity index (χ4n) is 4.04. The molecule has 1 fully saturated rings. The first kappa shape index (κ1) is 21.8. The molecule has 144 valence electrons. The van der Waals surface area contributed by atoms with Gasteiger partial charge in [-0.05, 0) is 6.92 Å². The van der Waals surface area contributed by atoms with Gasteiger partial charge in [0.25, 0.3) is 0 Å². The van der Waals surface area contributed by atoms with Crippen molar-refractivity contribution in [1.82, 2.24) is 14.3 Å². The van der Waals surface area contributed by atoms with Gasteiger partial charge in [0.15, 0.2) is 0 Å². The molecule has 0 unspecified atom stereocenters. The SMILES string of the molecule is C[C@@H](O)[C@H]1C(=O)N2C(C(=O)[O-])=C(c3cn4cnc(SCCN)c4s3)[C@H](C)[C@H]12.[Na+]. The molecule has 2 aliphatic heterocycles. The number of aliphatic hydroxyl groups is 1. The molecule has 1 saturated heterocycles. The minimum atomic E-state index is -1.37. The van der Waals surface area contributed by atoms with Gasteiger partial charge in [0.2, 0.25) is 5.91 Å². The van der Waals surface area contributed by atoms with Crippen LogP contribution in [0.1, 0.15) is 18.7 Å². The monoisotopic (exact) mass is 430 g/mol. The van der Waals surface area contributed by atoms with Crippen molar-refractivity contribution in [2.45, 2.75) is 31.0 Å². The molecule has 0 radical (unpaired) electrons. The van der Waals surface area contributed by atoms with Gasteiger partial charge >= 0.3 is 29.6 Å². The maximum Gasteiger partial charge on any atom is 1.00 e. The Bertz CT molecular complexity index is 970. The smallest absolute Gasteiger partial charge is 0.543 e. The topological polar surface area (TPSA) is 124 Å². The number of hydrogen-bond donors (Lipinski definition) is 2. The molecular formula is C17H19N4NaO4S2. The Balaban J connectivity index is 0.00000225. The number of thioether (sulfide) groups is 1. The van der Waals surface area contributed by atoms with Gasteiger partial charge in [0, 0.05) is 30.0 Å². The van der Waals surface area contributed by atoms with Crippen molar-refractivity contribution in [3.8, 4) is 0 Å². The largest absolute Gasteiger partial charge is 1.00 e. The Morgan fingerprint density at radius 1 is 1.54 bits per heavy atom. The number of carbonyl (C=O) groups excluding carboxylic acids is 2. The number of imidazole rings is 1. The van der Waals surface area contributed by atoms with E-state index in [4.69, 9.17) is 5.73 Å². The number of β-lactam (4-membered cyclic amide) rings is 1. The third-order valence-electron chi connectivity index (χ3n) is 5.17. The zero-order chi connectivity index (χ0) is 19.5. The van der Waals surface area contributed by atoms with E-state index in [1.54, 1.807) is 25.0 Å². The number of nitrogens with zero attached hydrogens (tertiary/aromatic N) is 3. The number of fused-ring (bicyclic) bond motifs is 2. The Morgan fingerprint density at radius 3 is 2.86 bits per heavy atom. The number of hydrogen-bond acceptors (Lipinski definition) is 8. The normalized spacial score (nSPS) is 24.9. The minimum absolute atomic E-state index is 0. The van der Waals surface area contributed by atoms with Gasteiger partial charge in [-0.25, -0.2) is 4.98 Å². The van der Waals surface area contributed by atoms with Crippen molar-refractivity contribution < 1.29 is 49.4 Å². The van der Waals surface area contributed by atoms with E-state index >= 15 is 0 Å². The van der Waals surface area contributed by atoms with E-state index in [2.05, 4.69) is 4.98 Å². The average molecular weight is 430 g/mol. The fraction of sp³-hybridized carbons (Fsp3) is 0.471. The Labute approximate surface area is 192 Å². The zero-order valence-corrected chi connectivity index (χ0v) is 19.4. The second-order valence-corrected chi connectivity index (χ2v) is 8.91. The summed E-state index contributed by atoms with van der Waals surface area (Å²) in [7, 11) is 0. The molecule has 4 atom stereocenters. The van der Waals surface area contributed by atoms with Crippen LogP contribution >= 0.6 is 23.1 Å². The minimum Gasteiger partial charge on any atom is -0.543 e. The first-order valence-electron chi connectivity index (χ1n) is 8.63. The molecule has 4 rings (SSSR count). The van der Waals surface area contributed by atoms with Crippen LogP contribution in [0.4, 0.5) is 0 Å². The second kappa shape index (κ2) is 8.10. The van der Waals surface area contributed by atoms with Gasteiger partial charge < -0.3 is 25.6 Å². The predicted molar refractivity (Wildman–Crippen MR) is 99.7 cm³/mol. The summed E-state index contributed by atoms with van der Waals surface area (Å²) in [5.41, 5.74) is 6.06. The zero-order valence-electron chi connectivity index (χ0n) is 15.8. The van der Waals surface area contributed by atoms with E-state index in [9.17, 15) is 19.8 Å². The number of carbonyl (C=O) groups is 2. The molecule has 28 heavy (non-hydrogen) atoms. The number of rotatable bonds is 6. The number of carboxylic acid groups (broad SMARTS) is 1. The van der Waals surface area contributed by atoms with E-state index in [1.165, 1.54) is 16.2 Å². The van der Waals surface area contributed by atoms with Crippen LogP contribution in [-0.4, -0.2) is 55.7 Å². The molecule has 2 aromatic heterocycles. The maximum absolute atomic E-state index is 12.4. The van der Waals surface area contributed by atoms with Crippen molar-refractivity contribution in [3.63, 3.8) is 0 Å². The Hall–Kier alpha value is -0.880. The molecule has 0 saturated carbocycles. The predicted octanol–water partition coefficient (Wildman–Crippen LogP) is -3.23. The van der Waals surface area contributed by atoms with Crippen LogP contribution in [0.5, 0.6) is 0 Å². The summed E-state index contributed by atoms with van der Waals surface area (Å²) in [6.45, 7) is 3.99. The molecule has 3 N–H and O–H groups in total. The second-order valence-electron chi connectivity index (χ2n) is 6.80.